The van der Waals surface area contributed by atoms with Gasteiger partial charge in [0.25, 0.3) is 0 Å². The van der Waals surface area contributed by atoms with Gasteiger partial charge in [0.2, 0.25) is 5.71 Å². The number of hydrogen-bond acceptors (Lipinski definition) is 3. The third kappa shape index (κ3) is 1.84. The predicted octanol–water partition coefficient (Wildman–Crippen LogP) is 3.56. The fourth-order valence-corrected chi connectivity index (χ4v) is 2.59. The SMILES string of the molecule is Cc1c(Cl)cccc1-n1nc(C)c2c(C)cc(=O)oc21. The van der Waals surface area contributed by atoms with Gasteiger partial charge in [0.05, 0.1) is 16.8 Å². The Morgan fingerprint density at radius 2 is 2.00 bits per heavy atom. The van der Waals surface area contributed by atoms with Gasteiger partial charge in [0, 0.05) is 11.1 Å². The molecule has 3 rings (SSSR count). The van der Waals surface area contributed by atoms with Gasteiger partial charge < -0.3 is 4.42 Å². The predicted molar refractivity (Wildman–Crippen MR) is 78.8 cm³/mol. The lowest BCUT2D eigenvalue weighted by Crippen LogP contribution is -2.03. The van der Waals surface area contributed by atoms with Crippen LogP contribution in [0.5, 0.6) is 0 Å². The van der Waals surface area contributed by atoms with Crippen molar-refractivity contribution in [2.75, 3.05) is 0 Å². The summed E-state index contributed by atoms with van der Waals surface area (Å²) in [5.74, 6) is 0. The summed E-state index contributed by atoms with van der Waals surface area (Å²) in [6.07, 6.45) is 0. The number of benzene rings is 1. The molecule has 0 radical (unpaired) electrons. The largest absolute Gasteiger partial charge is 0.403 e. The maximum atomic E-state index is 11.6. The third-order valence-electron chi connectivity index (χ3n) is 3.41. The number of aryl methyl sites for hydroxylation is 2. The van der Waals surface area contributed by atoms with Gasteiger partial charge in [-0.25, -0.2) is 4.79 Å². The van der Waals surface area contributed by atoms with Crippen LogP contribution in [0.2, 0.25) is 5.02 Å². The van der Waals surface area contributed by atoms with E-state index in [1.54, 1.807) is 4.68 Å². The number of aromatic nitrogens is 2. The van der Waals surface area contributed by atoms with E-state index in [1.807, 2.05) is 39.0 Å². The second-order valence-corrected chi connectivity index (χ2v) is 5.22. The van der Waals surface area contributed by atoms with Gasteiger partial charge >= 0.3 is 5.63 Å². The minimum atomic E-state index is -0.379. The molecule has 3 aromatic rings. The first-order chi connectivity index (χ1) is 9.49. The van der Waals surface area contributed by atoms with E-state index >= 15 is 0 Å². The van der Waals surface area contributed by atoms with Gasteiger partial charge in [0.15, 0.2) is 0 Å². The van der Waals surface area contributed by atoms with E-state index in [4.69, 9.17) is 16.0 Å². The number of rotatable bonds is 1. The molecule has 2 aromatic heterocycles. The number of nitrogens with zero attached hydrogens (tertiary/aromatic N) is 2. The molecule has 0 bridgehead atoms. The van der Waals surface area contributed by atoms with Gasteiger partial charge in [-0.05, 0) is 44.0 Å². The van der Waals surface area contributed by atoms with Gasteiger partial charge in [-0.2, -0.15) is 9.78 Å². The minimum absolute atomic E-state index is 0.379. The van der Waals surface area contributed by atoms with Crippen molar-refractivity contribution >= 4 is 22.7 Å². The molecule has 4 nitrogen and oxygen atoms in total. The van der Waals surface area contributed by atoms with Crippen molar-refractivity contribution in [2.24, 2.45) is 0 Å². The topological polar surface area (TPSA) is 48.0 Å². The van der Waals surface area contributed by atoms with Gasteiger partial charge in [-0.1, -0.05) is 17.7 Å². The lowest BCUT2D eigenvalue weighted by molar-refractivity contribution is 0.534. The lowest BCUT2D eigenvalue weighted by Gasteiger charge is -2.07. The van der Waals surface area contributed by atoms with Gasteiger partial charge in [-0.3, -0.25) is 0 Å². The van der Waals surface area contributed by atoms with E-state index in [-0.39, 0.29) is 5.63 Å². The highest BCUT2D eigenvalue weighted by molar-refractivity contribution is 6.31. The van der Waals surface area contributed by atoms with E-state index in [9.17, 15) is 4.79 Å². The summed E-state index contributed by atoms with van der Waals surface area (Å²) in [6.45, 7) is 5.68. The van der Waals surface area contributed by atoms with Crippen molar-refractivity contribution in [3.05, 3.63) is 56.5 Å². The molecular formula is C15H13ClN2O2. The Morgan fingerprint density at radius 1 is 1.25 bits per heavy atom. The summed E-state index contributed by atoms with van der Waals surface area (Å²) in [5.41, 5.74) is 3.46. The number of halogens is 1. The van der Waals surface area contributed by atoms with Gasteiger partial charge in [-0.15, -0.1) is 0 Å². The molecule has 0 aliphatic heterocycles. The van der Waals surface area contributed by atoms with Crippen LogP contribution in [0.15, 0.2) is 33.5 Å². The van der Waals surface area contributed by atoms with E-state index in [2.05, 4.69) is 5.10 Å². The molecule has 0 fully saturated rings. The second kappa shape index (κ2) is 4.49. The minimum Gasteiger partial charge on any atom is -0.403 e. The van der Waals surface area contributed by atoms with Crippen molar-refractivity contribution in [3.8, 4) is 5.69 Å². The van der Waals surface area contributed by atoms with Crippen molar-refractivity contribution in [1.82, 2.24) is 9.78 Å². The first-order valence-electron chi connectivity index (χ1n) is 6.24. The van der Waals surface area contributed by atoms with Crippen LogP contribution in [-0.2, 0) is 0 Å². The average Bonchev–Trinajstić information content (AvgIpc) is 2.70. The molecule has 0 saturated carbocycles. The summed E-state index contributed by atoms with van der Waals surface area (Å²) >= 11 is 6.15. The first-order valence-corrected chi connectivity index (χ1v) is 6.62. The lowest BCUT2D eigenvalue weighted by atomic mass is 10.2. The summed E-state index contributed by atoms with van der Waals surface area (Å²) in [5, 5.41) is 6.01. The summed E-state index contributed by atoms with van der Waals surface area (Å²) in [6, 6.07) is 7.05. The molecule has 0 unspecified atom stereocenters. The fourth-order valence-electron chi connectivity index (χ4n) is 2.42. The molecule has 0 N–H and O–H groups in total. The molecule has 20 heavy (non-hydrogen) atoms. The van der Waals surface area contributed by atoms with Crippen LogP contribution in [0.4, 0.5) is 0 Å². The number of fused-ring (bicyclic) bond motifs is 1. The molecule has 2 heterocycles. The molecule has 5 heteroatoms. The van der Waals surface area contributed by atoms with Crippen molar-refractivity contribution < 1.29 is 4.42 Å². The molecule has 0 atom stereocenters. The Hall–Kier alpha value is -2.07. The zero-order chi connectivity index (χ0) is 14.4. The molecule has 0 spiro atoms. The Morgan fingerprint density at radius 3 is 2.75 bits per heavy atom. The Bertz CT molecular complexity index is 877. The molecular weight excluding hydrogens is 276 g/mol. The van der Waals surface area contributed by atoms with E-state index < -0.39 is 0 Å². The van der Waals surface area contributed by atoms with Crippen LogP contribution in [0, 0.1) is 20.8 Å². The van der Waals surface area contributed by atoms with Crippen LogP contribution < -0.4 is 5.63 Å². The summed E-state index contributed by atoms with van der Waals surface area (Å²) in [4.78, 5) is 11.6. The maximum Gasteiger partial charge on any atom is 0.337 e. The van der Waals surface area contributed by atoms with Crippen molar-refractivity contribution in [1.29, 1.82) is 0 Å². The quantitative estimate of drug-likeness (QED) is 0.688. The molecule has 0 aliphatic carbocycles. The highest BCUT2D eigenvalue weighted by Crippen LogP contribution is 2.27. The van der Waals surface area contributed by atoms with Crippen LogP contribution in [-0.4, -0.2) is 9.78 Å². The van der Waals surface area contributed by atoms with Crippen molar-refractivity contribution in [2.45, 2.75) is 20.8 Å². The monoisotopic (exact) mass is 288 g/mol. The Labute approximate surface area is 120 Å². The van der Waals surface area contributed by atoms with Crippen molar-refractivity contribution in [3.63, 3.8) is 0 Å². The third-order valence-corrected chi connectivity index (χ3v) is 3.82. The molecule has 0 amide bonds. The average molecular weight is 289 g/mol. The Kier molecular flexibility index (Phi) is 2.91. The van der Waals surface area contributed by atoms with E-state index in [0.717, 1.165) is 27.9 Å². The second-order valence-electron chi connectivity index (χ2n) is 4.81. The zero-order valence-electron chi connectivity index (χ0n) is 11.4. The normalized spacial score (nSPS) is 11.2. The molecule has 0 aliphatic rings. The maximum absolute atomic E-state index is 11.6. The fraction of sp³-hybridized carbons (Fsp3) is 0.200. The van der Waals surface area contributed by atoms with Crippen LogP contribution in [0.1, 0.15) is 16.8 Å². The molecule has 1 aromatic carbocycles. The van der Waals surface area contributed by atoms with Crippen LogP contribution in [0.3, 0.4) is 0 Å². The number of hydrogen-bond donors (Lipinski definition) is 0. The van der Waals surface area contributed by atoms with Gasteiger partial charge in [0.1, 0.15) is 0 Å². The van der Waals surface area contributed by atoms with E-state index in [1.165, 1.54) is 6.07 Å². The molecule has 0 saturated heterocycles. The van der Waals surface area contributed by atoms with Crippen LogP contribution in [0.25, 0.3) is 16.8 Å². The first kappa shape index (κ1) is 12.9. The molecule has 102 valence electrons. The Balaban J connectivity index is 2.44. The smallest absolute Gasteiger partial charge is 0.337 e. The summed E-state index contributed by atoms with van der Waals surface area (Å²) < 4.78 is 6.98. The highest BCUT2D eigenvalue weighted by Gasteiger charge is 2.16. The summed E-state index contributed by atoms with van der Waals surface area (Å²) in [7, 11) is 0. The van der Waals surface area contributed by atoms with E-state index in [0.29, 0.717) is 10.7 Å². The highest BCUT2D eigenvalue weighted by atomic mass is 35.5. The standard InChI is InChI=1S/C15H13ClN2O2/c1-8-7-13(19)20-15-14(8)10(3)17-18(15)12-6-4-5-11(16)9(12)2/h4-7H,1-3H3. The zero-order valence-corrected chi connectivity index (χ0v) is 12.2. The van der Waals surface area contributed by atoms with Crippen LogP contribution >= 0.6 is 11.6 Å².